The predicted octanol–water partition coefficient (Wildman–Crippen LogP) is 1.82. The summed E-state index contributed by atoms with van der Waals surface area (Å²) in [5.74, 6) is 5.85. The summed E-state index contributed by atoms with van der Waals surface area (Å²) in [6.45, 7) is 3.67. The second-order valence-corrected chi connectivity index (χ2v) is 4.89. The summed E-state index contributed by atoms with van der Waals surface area (Å²) in [6, 6.07) is 7.47. The van der Waals surface area contributed by atoms with Gasteiger partial charge < -0.3 is 15.5 Å². The molecule has 0 aliphatic carbocycles. The van der Waals surface area contributed by atoms with Crippen molar-refractivity contribution in [1.82, 2.24) is 0 Å². The molecular weight excluding hydrogens is 250 g/mol. The van der Waals surface area contributed by atoms with E-state index in [0.717, 1.165) is 11.3 Å². The summed E-state index contributed by atoms with van der Waals surface area (Å²) in [4.78, 5) is 0. The van der Waals surface area contributed by atoms with Crippen LogP contribution in [0.5, 0.6) is 0 Å². The Balaban J connectivity index is 2.70. The topological polar surface area (TPSA) is 52.5 Å². The van der Waals surface area contributed by atoms with Crippen LogP contribution in [0.4, 0.5) is 5.69 Å². The highest BCUT2D eigenvalue weighted by Crippen LogP contribution is 2.10. The molecular formula is C14H18ClNO2. The van der Waals surface area contributed by atoms with Crippen LogP contribution in [0.1, 0.15) is 19.4 Å². The van der Waals surface area contributed by atoms with E-state index in [0.29, 0.717) is 6.54 Å². The van der Waals surface area contributed by atoms with Gasteiger partial charge in [0.2, 0.25) is 0 Å². The van der Waals surface area contributed by atoms with Crippen LogP contribution in [-0.4, -0.2) is 34.3 Å². The van der Waals surface area contributed by atoms with Gasteiger partial charge in [0.1, 0.15) is 5.60 Å². The summed E-state index contributed by atoms with van der Waals surface area (Å²) in [5.41, 5.74) is 0.669. The van der Waals surface area contributed by atoms with E-state index in [4.69, 9.17) is 11.6 Å². The van der Waals surface area contributed by atoms with E-state index in [1.165, 1.54) is 0 Å². The van der Waals surface area contributed by atoms with Crippen molar-refractivity contribution in [2.45, 2.75) is 25.6 Å². The molecule has 4 heteroatoms. The lowest BCUT2D eigenvalue weighted by atomic mass is 10.1. The lowest BCUT2D eigenvalue weighted by Gasteiger charge is -2.10. The Morgan fingerprint density at radius 2 is 2.17 bits per heavy atom. The molecule has 0 aromatic heterocycles. The second kappa shape index (κ2) is 6.65. The third kappa shape index (κ3) is 5.92. The molecule has 98 valence electrons. The number of benzene rings is 1. The Hall–Kier alpha value is -1.21. The number of rotatable bonds is 4. The smallest absolute Gasteiger partial charge is 0.120 e. The van der Waals surface area contributed by atoms with Crippen LogP contribution in [0, 0.1) is 11.8 Å². The van der Waals surface area contributed by atoms with E-state index in [1.807, 2.05) is 24.3 Å². The van der Waals surface area contributed by atoms with Gasteiger partial charge in [-0.3, -0.25) is 0 Å². The molecule has 0 saturated carbocycles. The molecule has 0 aliphatic heterocycles. The molecule has 1 unspecified atom stereocenters. The molecule has 0 radical (unpaired) electrons. The van der Waals surface area contributed by atoms with Gasteiger partial charge in [-0.2, -0.15) is 0 Å². The number of alkyl halides is 1. The molecule has 0 amide bonds. The van der Waals surface area contributed by atoms with E-state index < -0.39 is 11.7 Å². The first-order valence-electron chi connectivity index (χ1n) is 5.74. The Morgan fingerprint density at radius 3 is 2.78 bits per heavy atom. The van der Waals surface area contributed by atoms with E-state index in [2.05, 4.69) is 17.2 Å². The summed E-state index contributed by atoms with van der Waals surface area (Å²) in [5, 5.41) is 21.9. The Bertz CT molecular complexity index is 443. The number of nitrogens with one attached hydrogen (secondary N) is 1. The van der Waals surface area contributed by atoms with Gasteiger partial charge in [-0.05, 0) is 32.0 Å². The van der Waals surface area contributed by atoms with Crippen molar-refractivity contribution >= 4 is 17.3 Å². The van der Waals surface area contributed by atoms with Gasteiger partial charge in [-0.1, -0.05) is 17.9 Å². The van der Waals surface area contributed by atoms with E-state index in [9.17, 15) is 10.2 Å². The number of hydrogen-bond acceptors (Lipinski definition) is 3. The van der Waals surface area contributed by atoms with Crippen molar-refractivity contribution in [3.8, 4) is 11.8 Å². The number of halogens is 1. The third-order valence-electron chi connectivity index (χ3n) is 2.10. The fourth-order valence-electron chi connectivity index (χ4n) is 1.22. The van der Waals surface area contributed by atoms with E-state index in [-0.39, 0.29) is 5.88 Å². The van der Waals surface area contributed by atoms with Crippen LogP contribution in [0.25, 0.3) is 0 Å². The van der Waals surface area contributed by atoms with Crippen molar-refractivity contribution in [3.63, 3.8) is 0 Å². The Kier molecular flexibility index (Phi) is 5.49. The summed E-state index contributed by atoms with van der Waals surface area (Å²) < 4.78 is 0. The van der Waals surface area contributed by atoms with Crippen molar-refractivity contribution < 1.29 is 10.2 Å². The second-order valence-electron chi connectivity index (χ2n) is 4.58. The van der Waals surface area contributed by atoms with Gasteiger partial charge in [0, 0.05) is 17.8 Å². The van der Waals surface area contributed by atoms with E-state index >= 15 is 0 Å². The minimum absolute atomic E-state index is 0.200. The summed E-state index contributed by atoms with van der Waals surface area (Å²) >= 11 is 5.51. The van der Waals surface area contributed by atoms with Crippen molar-refractivity contribution in [2.24, 2.45) is 0 Å². The first-order valence-corrected chi connectivity index (χ1v) is 6.28. The van der Waals surface area contributed by atoms with Crippen LogP contribution < -0.4 is 5.32 Å². The highest BCUT2D eigenvalue weighted by atomic mass is 35.5. The maximum absolute atomic E-state index is 9.52. The molecule has 0 saturated heterocycles. The average molecular weight is 268 g/mol. The monoisotopic (exact) mass is 267 g/mol. The maximum Gasteiger partial charge on any atom is 0.120 e. The molecule has 0 heterocycles. The summed E-state index contributed by atoms with van der Waals surface area (Å²) in [6.07, 6.45) is -0.571. The van der Waals surface area contributed by atoms with Crippen LogP contribution in [-0.2, 0) is 0 Å². The zero-order chi connectivity index (χ0) is 13.6. The highest BCUT2D eigenvalue weighted by molar-refractivity contribution is 6.18. The minimum atomic E-state index is -1.00. The fourth-order valence-corrected chi connectivity index (χ4v) is 1.33. The van der Waals surface area contributed by atoms with Crippen molar-refractivity contribution in [2.75, 3.05) is 17.7 Å². The first kappa shape index (κ1) is 14.8. The van der Waals surface area contributed by atoms with Crippen LogP contribution in [0.3, 0.4) is 0 Å². The van der Waals surface area contributed by atoms with Gasteiger partial charge in [0.15, 0.2) is 0 Å². The SMILES string of the molecule is CC(C)(O)C#Cc1cccc(NCC(O)CCl)c1. The standard InChI is InChI=1S/C14H18ClNO2/c1-14(2,18)7-6-11-4-3-5-12(8-11)16-10-13(17)9-15/h3-5,8,13,16-18H,9-10H2,1-2H3. The minimum Gasteiger partial charge on any atom is -0.390 e. The number of hydrogen-bond donors (Lipinski definition) is 3. The fraction of sp³-hybridized carbons (Fsp3) is 0.429. The van der Waals surface area contributed by atoms with Crippen molar-refractivity contribution in [3.05, 3.63) is 29.8 Å². The molecule has 3 N–H and O–H groups in total. The molecule has 1 aromatic carbocycles. The van der Waals surface area contributed by atoms with Crippen LogP contribution in [0.15, 0.2) is 24.3 Å². The molecule has 3 nitrogen and oxygen atoms in total. The largest absolute Gasteiger partial charge is 0.390 e. The first-order chi connectivity index (χ1) is 8.40. The van der Waals surface area contributed by atoms with Crippen molar-refractivity contribution in [1.29, 1.82) is 0 Å². The number of aliphatic hydroxyl groups excluding tert-OH is 1. The lowest BCUT2D eigenvalue weighted by Crippen LogP contribution is -2.20. The molecule has 1 rings (SSSR count). The predicted molar refractivity (Wildman–Crippen MR) is 74.8 cm³/mol. The quantitative estimate of drug-likeness (QED) is 0.576. The Labute approximate surface area is 113 Å². The van der Waals surface area contributed by atoms with Gasteiger partial charge in [-0.25, -0.2) is 0 Å². The zero-order valence-corrected chi connectivity index (χ0v) is 11.3. The average Bonchev–Trinajstić information content (AvgIpc) is 2.33. The molecule has 1 aromatic rings. The number of anilines is 1. The zero-order valence-electron chi connectivity index (χ0n) is 10.6. The summed E-state index contributed by atoms with van der Waals surface area (Å²) in [7, 11) is 0. The van der Waals surface area contributed by atoms with Gasteiger partial charge in [0.05, 0.1) is 12.0 Å². The lowest BCUT2D eigenvalue weighted by molar-refractivity contribution is 0.143. The molecule has 18 heavy (non-hydrogen) atoms. The van der Waals surface area contributed by atoms with Crippen LogP contribution >= 0.6 is 11.6 Å². The van der Waals surface area contributed by atoms with Crippen LogP contribution in [0.2, 0.25) is 0 Å². The maximum atomic E-state index is 9.52. The molecule has 0 fully saturated rings. The molecule has 1 atom stereocenters. The van der Waals surface area contributed by atoms with Gasteiger partial charge in [-0.15, -0.1) is 11.6 Å². The normalized spacial score (nSPS) is 12.5. The van der Waals surface area contributed by atoms with Gasteiger partial charge >= 0.3 is 0 Å². The highest BCUT2D eigenvalue weighted by Gasteiger charge is 2.06. The molecule has 0 bridgehead atoms. The third-order valence-corrected chi connectivity index (χ3v) is 2.45. The molecule has 0 aliphatic rings. The number of aliphatic hydroxyl groups is 2. The molecule has 0 spiro atoms. The van der Waals surface area contributed by atoms with E-state index in [1.54, 1.807) is 13.8 Å². The Morgan fingerprint density at radius 1 is 1.44 bits per heavy atom. The van der Waals surface area contributed by atoms with Gasteiger partial charge in [0.25, 0.3) is 0 Å².